The number of nitrogen functional groups attached to an aromatic ring is 1. The van der Waals surface area contributed by atoms with Gasteiger partial charge in [-0.2, -0.15) is 4.31 Å². The van der Waals surface area contributed by atoms with E-state index in [1.807, 2.05) is 20.9 Å². The molecule has 1 aliphatic rings. The van der Waals surface area contributed by atoms with E-state index in [2.05, 4.69) is 20.8 Å². The van der Waals surface area contributed by atoms with Gasteiger partial charge < -0.3 is 5.73 Å². The predicted octanol–water partition coefficient (Wildman–Crippen LogP) is 2.05. The van der Waals surface area contributed by atoms with Gasteiger partial charge in [0.05, 0.1) is 4.90 Å². The average Bonchev–Trinajstić information content (AvgIpc) is 2.39. The highest BCUT2D eigenvalue weighted by Gasteiger charge is 2.35. The minimum atomic E-state index is -3.52. The quantitative estimate of drug-likeness (QED) is 0.803. The molecule has 2 atom stereocenters. The van der Waals surface area contributed by atoms with Gasteiger partial charge in [-0.25, -0.2) is 8.42 Å². The maximum atomic E-state index is 12.9. The third-order valence-corrected chi connectivity index (χ3v) is 6.90. The summed E-state index contributed by atoms with van der Waals surface area (Å²) in [5.74, 6) is 0. The van der Waals surface area contributed by atoms with E-state index < -0.39 is 10.0 Å². The van der Waals surface area contributed by atoms with Gasteiger partial charge in [0.25, 0.3) is 0 Å². The lowest BCUT2D eigenvalue weighted by atomic mass is 10.1. The van der Waals surface area contributed by atoms with Crippen LogP contribution in [0, 0.1) is 6.92 Å². The van der Waals surface area contributed by atoms with Gasteiger partial charge in [0, 0.05) is 35.3 Å². The minimum Gasteiger partial charge on any atom is -0.398 e. The van der Waals surface area contributed by atoms with E-state index in [9.17, 15) is 8.42 Å². The Morgan fingerprint density at radius 1 is 1.24 bits per heavy atom. The van der Waals surface area contributed by atoms with Crippen molar-refractivity contribution in [2.24, 2.45) is 0 Å². The van der Waals surface area contributed by atoms with E-state index in [-0.39, 0.29) is 12.1 Å². The highest BCUT2D eigenvalue weighted by atomic mass is 79.9. The van der Waals surface area contributed by atoms with Crippen LogP contribution in [0.5, 0.6) is 0 Å². The molecule has 0 saturated carbocycles. The number of halogens is 1. The summed E-state index contributed by atoms with van der Waals surface area (Å²) < 4.78 is 28.1. The summed E-state index contributed by atoms with van der Waals surface area (Å²) in [5, 5.41) is 0. The van der Waals surface area contributed by atoms with Crippen LogP contribution in [0.2, 0.25) is 0 Å². The topological polar surface area (TPSA) is 66.6 Å². The number of likely N-dealkylation sites (N-methyl/N-ethyl adjacent to an activating group) is 1. The molecule has 2 unspecified atom stereocenters. The molecule has 21 heavy (non-hydrogen) atoms. The second kappa shape index (κ2) is 5.87. The Morgan fingerprint density at radius 3 is 2.29 bits per heavy atom. The SMILES string of the molecule is Cc1cc(Br)c(N)cc1S(=O)(=O)N1CC(C)N(C)C(C)C1. The lowest BCUT2D eigenvalue weighted by molar-refractivity contribution is 0.105. The Balaban J connectivity index is 2.41. The molecule has 118 valence electrons. The van der Waals surface area contributed by atoms with Gasteiger partial charge >= 0.3 is 0 Å². The molecule has 0 aromatic heterocycles. The van der Waals surface area contributed by atoms with Crippen LogP contribution in [-0.2, 0) is 10.0 Å². The van der Waals surface area contributed by atoms with Gasteiger partial charge in [-0.3, -0.25) is 4.90 Å². The molecule has 1 fully saturated rings. The molecule has 0 radical (unpaired) electrons. The van der Waals surface area contributed by atoms with E-state index in [1.54, 1.807) is 23.4 Å². The van der Waals surface area contributed by atoms with Crippen molar-refractivity contribution in [3.63, 3.8) is 0 Å². The number of aryl methyl sites for hydroxylation is 1. The molecule has 1 aromatic carbocycles. The number of rotatable bonds is 2. The molecule has 0 amide bonds. The summed E-state index contributed by atoms with van der Waals surface area (Å²) in [6.07, 6.45) is 0. The molecule has 7 heteroatoms. The smallest absolute Gasteiger partial charge is 0.243 e. The Morgan fingerprint density at radius 2 is 1.76 bits per heavy atom. The first-order valence-corrected chi connectivity index (χ1v) is 9.15. The third-order valence-electron chi connectivity index (χ3n) is 4.24. The molecule has 0 aliphatic carbocycles. The number of nitrogens with two attached hydrogens (primary N) is 1. The molecular weight excluding hydrogens is 354 g/mol. The van der Waals surface area contributed by atoms with Crippen LogP contribution in [0.15, 0.2) is 21.5 Å². The highest BCUT2D eigenvalue weighted by molar-refractivity contribution is 9.10. The van der Waals surface area contributed by atoms with Gasteiger partial charge in [0.1, 0.15) is 0 Å². The number of anilines is 1. The zero-order valence-electron chi connectivity index (χ0n) is 12.8. The summed E-state index contributed by atoms with van der Waals surface area (Å²) in [5.41, 5.74) is 7.00. The van der Waals surface area contributed by atoms with E-state index in [4.69, 9.17) is 5.73 Å². The zero-order chi connectivity index (χ0) is 15.9. The molecule has 1 heterocycles. The summed E-state index contributed by atoms with van der Waals surface area (Å²) in [7, 11) is -1.49. The Kier molecular flexibility index (Phi) is 4.68. The average molecular weight is 376 g/mol. The van der Waals surface area contributed by atoms with Crippen molar-refractivity contribution in [3.05, 3.63) is 22.2 Å². The van der Waals surface area contributed by atoms with Gasteiger partial charge in [-0.15, -0.1) is 0 Å². The van der Waals surface area contributed by atoms with Crippen LogP contribution in [0.4, 0.5) is 5.69 Å². The van der Waals surface area contributed by atoms with E-state index >= 15 is 0 Å². The summed E-state index contributed by atoms with van der Waals surface area (Å²) in [6, 6.07) is 3.68. The van der Waals surface area contributed by atoms with Crippen molar-refractivity contribution in [1.82, 2.24) is 9.21 Å². The van der Waals surface area contributed by atoms with Crippen molar-refractivity contribution in [3.8, 4) is 0 Å². The molecule has 1 aliphatic heterocycles. The second-order valence-corrected chi connectivity index (χ2v) is 8.59. The minimum absolute atomic E-state index is 0.191. The Labute approximate surface area is 135 Å². The fourth-order valence-corrected chi connectivity index (χ4v) is 4.94. The molecule has 0 bridgehead atoms. The van der Waals surface area contributed by atoms with Crippen LogP contribution in [0.1, 0.15) is 19.4 Å². The maximum Gasteiger partial charge on any atom is 0.243 e. The summed E-state index contributed by atoms with van der Waals surface area (Å²) in [6.45, 7) is 6.87. The van der Waals surface area contributed by atoms with E-state index in [0.717, 1.165) is 4.47 Å². The largest absolute Gasteiger partial charge is 0.398 e. The van der Waals surface area contributed by atoms with Crippen LogP contribution >= 0.6 is 15.9 Å². The lowest BCUT2D eigenvalue weighted by Crippen LogP contribution is -2.56. The number of piperazine rings is 1. The summed E-state index contributed by atoms with van der Waals surface area (Å²) in [4.78, 5) is 2.50. The van der Waals surface area contributed by atoms with Crippen LogP contribution in [0.25, 0.3) is 0 Å². The lowest BCUT2D eigenvalue weighted by Gasteiger charge is -2.41. The van der Waals surface area contributed by atoms with Gasteiger partial charge in [0.2, 0.25) is 10.0 Å². The van der Waals surface area contributed by atoms with E-state index in [1.165, 1.54) is 0 Å². The first-order chi connectivity index (χ1) is 9.64. The highest BCUT2D eigenvalue weighted by Crippen LogP contribution is 2.30. The molecule has 1 aromatic rings. The van der Waals surface area contributed by atoms with Crippen molar-refractivity contribution >= 4 is 31.6 Å². The van der Waals surface area contributed by atoms with Gasteiger partial charge in [-0.1, -0.05) is 0 Å². The Bertz CT molecular complexity index is 636. The van der Waals surface area contributed by atoms with Crippen LogP contribution < -0.4 is 5.73 Å². The first kappa shape index (κ1) is 16.7. The van der Waals surface area contributed by atoms with Crippen molar-refractivity contribution in [1.29, 1.82) is 0 Å². The normalized spacial score (nSPS) is 25.2. The van der Waals surface area contributed by atoms with Crippen molar-refractivity contribution in [2.75, 3.05) is 25.9 Å². The molecule has 2 rings (SSSR count). The van der Waals surface area contributed by atoms with Gasteiger partial charge in [-0.05, 0) is 61.4 Å². The third kappa shape index (κ3) is 3.11. The number of hydrogen-bond donors (Lipinski definition) is 1. The summed E-state index contributed by atoms with van der Waals surface area (Å²) >= 11 is 3.33. The molecule has 1 saturated heterocycles. The molecular formula is C14H22BrN3O2S. The van der Waals surface area contributed by atoms with E-state index in [0.29, 0.717) is 29.2 Å². The number of sulfonamides is 1. The molecule has 5 nitrogen and oxygen atoms in total. The fourth-order valence-electron chi connectivity index (χ4n) is 2.64. The fraction of sp³-hybridized carbons (Fsp3) is 0.571. The second-order valence-electron chi connectivity index (χ2n) is 5.82. The van der Waals surface area contributed by atoms with Crippen molar-refractivity contribution in [2.45, 2.75) is 37.8 Å². The predicted molar refractivity (Wildman–Crippen MR) is 88.7 cm³/mol. The van der Waals surface area contributed by atoms with Gasteiger partial charge in [0.15, 0.2) is 0 Å². The first-order valence-electron chi connectivity index (χ1n) is 6.92. The monoisotopic (exact) mass is 375 g/mol. The standard InChI is InChI=1S/C14H22BrN3O2S/c1-9-5-12(15)13(16)6-14(9)21(19,20)18-7-10(2)17(4)11(3)8-18/h5-6,10-11H,7-8,16H2,1-4H3. The number of benzene rings is 1. The maximum absolute atomic E-state index is 12.9. The molecule has 2 N–H and O–H groups in total. The Hall–Kier alpha value is -0.630. The number of hydrogen-bond acceptors (Lipinski definition) is 4. The van der Waals surface area contributed by atoms with Crippen LogP contribution in [0.3, 0.4) is 0 Å². The number of nitrogens with zero attached hydrogens (tertiary/aromatic N) is 2. The zero-order valence-corrected chi connectivity index (χ0v) is 15.2. The van der Waals surface area contributed by atoms with Crippen LogP contribution in [-0.4, -0.2) is 49.8 Å². The van der Waals surface area contributed by atoms with Crippen molar-refractivity contribution < 1.29 is 8.42 Å². The molecule has 0 spiro atoms.